The topological polar surface area (TPSA) is 35.8 Å². The zero-order valence-electron chi connectivity index (χ0n) is 11.6. The van der Waals surface area contributed by atoms with Gasteiger partial charge in [-0.1, -0.05) is 30.3 Å². The second-order valence-corrected chi connectivity index (χ2v) is 4.88. The van der Waals surface area contributed by atoms with Crippen LogP contribution in [0.3, 0.4) is 0 Å². The molecular weight excluding hydrogens is 232 g/mol. The fourth-order valence-corrected chi connectivity index (χ4v) is 2.26. The van der Waals surface area contributed by atoms with Crippen molar-refractivity contribution in [3.63, 3.8) is 0 Å². The molecule has 1 N–H and O–H groups in total. The highest BCUT2D eigenvalue weighted by molar-refractivity contribution is 5.60. The van der Waals surface area contributed by atoms with Gasteiger partial charge < -0.3 is 5.32 Å². The summed E-state index contributed by atoms with van der Waals surface area (Å²) in [4.78, 5) is 0. The van der Waals surface area contributed by atoms with Gasteiger partial charge in [0, 0.05) is 6.04 Å². The summed E-state index contributed by atoms with van der Waals surface area (Å²) in [6, 6.07) is 16.6. The van der Waals surface area contributed by atoms with Crippen LogP contribution in [0, 0.1) is 25.2 Å². The van der Waals surface area contributed by atoms with E-state index in [1.54, 1.807) is 0 Å². The van der Waals surface area contributed by atoms with Crippen LogP contribution in [-0.4, -0.2) is 0 Å². The predicted molar refractivity (Wildman–Crippen MR) is 79.1 cm³/mol. The Kier molecular flexibility index (Phi) is 3.87. The van der Waals surface area contributed by atoms with Crippen molar-refractivity contribution in [1.82, 2.24) is 0 Å². The standard InChI is InChI=1S/C17H18N2/c1-12-8-9-15(11-18)17(10-12)19-14(3)16-7-5-4-6-13(16)2/h4-10,14,19H,1-3H3. The van der Waals surface area contributed by atoms with Gasteiger partial charge in [-0.2, -0.15) is 5.26 Å². The first kappa shape index (κ1) is 13.2. The maximum atomic E-state index is 9.16. The third-order valence-corrected chi connectivity index (χ3v) is 3.32. The maximum Gasteiger partial charge on any atom is 0.101 e. The summed E-state index contributed by atoms with van der Waals surface area (Å²) < 4.78 is 0. The van der Waals surface area contributed by atoms with Crippen molar-refractivity contribution < 1.29 is 0 Å². The summed E-state index contributed by atoms with van der Waals surface area (Å²) in [5, 5.41) is 12.6. The van der Waals surface area contributed by atoms with E-state index in [0.29, 0.717) is 5.56 Å². The van der Waals surface area contributed by atoms with Crippen molar-refractivity contribution >= 4 is 5.69 Å². The van der Waals surface area contributed by atoms with Crippen LogP contribution in [0.2, 0.25) is 0 Å². The fraction of sp³-hybridized carbons (Fsp3) is 0.235. The lowest BCUT2D eigenvalue weighted by molar-refractivity contribution is 0.873. The molecule has 96 valence electrons. The minimum absolute atomic E-state index is 0.176. The van der Waals surface area contributed by atoms with E-state index in [0.717, 1.165) is 11.3 Å². The van der Waals surface area contributed by atoms with Gasteiger partial charge in [-0.15, -0.1) is 0 Å². The van der Waals surface area contributed by atoms with Crippen LogP contribution in [0.5, 0.6) is 0 Å². The van der Waals surface area contributed by atoms with Crippen LogP contribution in [-0.2, 0) is 0 Å². The largest absolute Gasteiger partial charge is 0.377 e. The quantitative estimate of drug-likeness (QED) is 0.879. The number of nitrogens with zero attached hydrogens (tertiary/aromatic N) is 1. The highest BCUT2D eigenvalue weighted by atomic mass is 14.9. The number of hydrogen-bond donors (Lipinski definition) is 1. The van der Waals surface area contributed by atoms with Gasteiger partial charge in [-0.05, 0) is 49.6 Å². The minimum Gasteiger partial charge on any atom is -0.377 e. The molecule has 2 nitrogen and oxygen atoms in total. The lowest BCUT2D eigenvalue weighted by Crippen LogP contribution is -2.09. The highest BCUT2D eigenvalue weighted by Gasteiger charge is 2.10. The number of anilines is 1. The van der Waals surface area contributed by atoms with Crippen LogP contribution in [0.15, 0.2) is 42.5 Å². The Morgan fingerprint density at radius 2 is 1.84 bits per heavy atom. The Hall–Kier alpha value is -2.27. The molecule has 0 aliphatic heterocycles. The Morgan fingerprint density at radius 3 is 2.53 bits per heavy atom. The van der Waals surface area contributed by atoms with Crippen LogP contribution in [0.25, 0.3) is 0 Å². The molecule has 2 aromatic rings. The van der Waals surface area contributed by atoms with Gasteiger partial charge >= 0.3 is 0 Å². The number of hydrogen-bond acceptors (Lipinski definition) is 2. The summed E-state index contributed by atoms with van der Waals surface area (Å²) in [6.07, 6.45) is 0. The van der Waals surface area contributed by atoms with Crippen molar-refractivity contribution in [3.05, 3.63) is 64.7 Å². The maximum absolute atomic E-state index is 9.16. The molecule has 0 aliphatic rings. The van der Waals surface area contributed by atoms with E-state index >= 15 is 0 Å². The second kappa shape index (κ2) is 5.58. The van der Waals surface area contributed by atoms with Crippen molar-refractivity contribution in [1.29, 1.82) is 5.26 Å². The summed E-state index contributed by atoms with van der Waals surface area (Å²) in [6.45, 7) is 6.26. The molecule has 0 saturated carbocycles. The van der Waals surface area contributed by atoms with E-state index in [2.05, 4.69) is 37.4 Å². The van der Waals surface area contributed by atoms with Gasteiger partial charge in [-0.3, -0.25) is 0 Å². The Morgan fingerprint density at radius 1 is 1.11 bits per heavy atom. The molecule has 0 aliphatic carbocycles. The van der Waals surface area contributed by atoms with Crippen molar-refractivity contribution in [2.45, 2.75) is 26.8 Å². The molecule has 0 heterocycles. The summed E-state index contributed by atoms with van der Waals surface area (Å²) in [5.41, 5.74) is 5.25. The van der Waals surface area contributed by atoms with Crippen LogP contribution < -0.4 is 5.32 Å². The molecule has 2 rings (SSSR count). The Labute approximate surface area is 114 Å². The molecule has 0 radical (unpaired) electrons. The van der Waals surface area contributed by atoms with E-state index in [9.17, 15) is 0 Å². The van der Waals surface area contributed by atoms with Crippen LogP contribution in [0.4, 0.5) is 5.69 Å². The first-order valence-electron chi connectivity index (χ1n) is 6.44. The van der Waals surface area contributed by atoms with Crippen molar-refractivity contribution in [2.24, 2.45) is 0 Å². The van der Waals surface area contributed by atoms with Gasteiger partial charge in [-0.25, -0.2) is 0 Å². The molecule has 1 unspecified atom stereocenters. The lowest BCUT2D eigenvalue weighted by atomic mass is 10.0. The third-order valence-electron chi connectivity index (χ3n) is 3.32. The molecule has 0 saturated heterocycles. The van der Waals surface area contributed by atoms with Gasteiger partial charge in [0.15, 0.2) is 0 Å². The highest BCUT2D eigenvalue weighted by Crippen LogP contribution is 2.24. The average molecular weight is 250 g/mol. The van der Waals surface area contributed by atoms with E-state index in [-0.39, 0.29) is 6.04 Å². The number of nitriles is 1. The first-order chi connectivity index (χ1) is 9.11. The normalized spacial score (nSPS) is 11.7. The number of benzene rings is 2. The minimum atomic E-state index is 0.176. The molecule has 0 amide bonds. The van der Waals surface area contributed by atoms with Crippen LogP contribution >= 0.6 is 0 Å². The summed E-state index contributed by atoms with van der Waals surface area (Å²) in [7, 11) is 0. The fourth-order valence-electron chi connectivity index (χ4n) is 2.26. The van der Waals surface area contributed by atoms with Gasteiger partial charge in [0.2, 0.25) is 0 Å². The predicted octanol–water partition coefficient (Wildman–Crippen LogP) is 4.35. The average Bonchev–Trinajstić information content (AvgIpc) is 2.39. The first-order valence-corrected chi connectivity index (χ1v) is 6.44. The molecule has 2 aromatic carbocycles. The molecule has 1 atom stereocenters. The Bertz CT molecular complexity index is 623. The van der Waals surface area contributed by atoms with E-state index in [4.69, 9.17) is 5.26 Å². The monoisotopic (exact) mass is 250 g/mol. The number of nitrogens with one attached hydrogen (secondary N) is 1. The summed E-state index contributed by atoms with van der Waals surface area (Å²) in [5.74, 6) is 0. The number of rotatable bonds is 3. The third kappa shape index (κ3) is 2.95. The van der Waals surface area contributed by atoms with Gasteiger partial charge in [0.25, 0.3) is 0 Å². The van der Waals surface area contributed by atoms with Crippen molar-refractivity contribution in [2.75, 3.05) is 5.32 Å². The molecule has 0 aromatic heterocycles. The lowest BCUT2D eigenvalue weighted by Gasteiger charge is -2.19. The number of aryl methyl sites for hydroxylation is 2. The van der Waals surface area contributed by atoms with E-state index < -0.39 is 0 Å². The van der Waals surface area contributed by atoms with E-state index in [1.165, 1.54) is 11.1 Å². The second-order valence-electron chi connectivity index (χ2n) is 4.88. The smallest absolute Gasteiger partial charge is 0.101 e. The molecule has 0 bridgehead atoms. The SMILES string of the molecule is Cc1ccc(C#N)c(NC(C)c2ccccc2C)c1. The van der Waals surface area contributed by atoms with E-state index in [1.807, 2.05) is 37.3 Å². The summed E-state index contributed by atoms with van der Waals surface area (Å²) >= 11 is 0. The molecular formula is C17H18N2. The van der Waals surface area contributed by atoms with Gasteiger partial charge in [0.05, 0.1) is 11.3 Å². The zero-order chi connectivity index (χ0) is 13.8. The van der Waals surface area contributed by atoms with Crippen LogP contribution in [0.1, 0.15) is 35.2 Å². The van der Waals surface area contributed by atoms with Gasteiger partial charge in [0.1, 0.15) is 6.07 Å². The molecule has 2 heteroatoms. The zero-order valence-corrected chi connectivity index (χ0v) is 11.6. The van der Waals surface area contributed by atoms with Crippen molar-refractivity contribution in [3.8, 4) is 6.07 Å². The molecule has 0 fully saturated rings. The molecule has 19 heavy (non-hydrogen) atoms. The molecule has 0 spiro atoms. The Balaban J connectivity index is 2.29.